The summed E-state index contributed by atoms with van der Waals surface area (Å²) in [6, 6.07) is 0. The van der Waals surface area contributed by atoms with Crippen LogP contribution in [0.4, 0.5) is 0 Å². The van der Waals surface area contributed by atoms with Gasteiger partial charge in [0.2, 0.25) is 5.91 Å². The molecule has 1 heterocycles. The van der Waals surface area contributed by atoms with Gasteiger partial charge in [0.1, 0.15) is 5.75 Å². The molecule has 0 radical (unpaired) electrons. The molecular formula is C12H21NO5S. The van der Waals surface area contributed by atoms with Gasteiger partial charge in [-0.2, -0.15) is 0 Å². The van der Waals surface area contributed by atoms with Gasteiger partial charge in [-0.3, -0.25) is 9.59 Å². The summed E-state index contributed by atoms with van der Waals surface area (Å²) in [6.45, 7) is 2.53. The lowest BCUT2D eigenvalue weighted by Gasteiger charge is -2.20. The van der Waals surface area contributed by atoms with Crippen molar-refractivity contribution in [3.63, 3.8) is 0 Å². The van der Waals surface area contributed by atoms with Crippen molar-refractivity contribution in [3.8, 4) is 0 Å². The fraction of sp³-hybridized carbons (Fsp3) is 0.833. The Morgan fingerprint density at radius 3 is 2.16 bits per heavy atom. The van der Waals surface area contributed by atoms with Crippen LogP contribution in [0.2, 0.25) is 0 Å². The molecular weight excluding hydrogens is 270 g/mol. The first-order valence-electron chi connectivity index (χ1n) is 6.53. The van der Waals surface area contributed by atoms with Crippen LogP contribution in [-0.2, 0) is 19.4 Å². The highest BCUT2D eigenvalue weighted by Gasteiger charge is 2.26. The predicted octanol–water partition coefficient (Wildman–Crippen LogP) is 0.524. The van der Waals surface area contributed by atoms with Crippen LogP contribution < -0.4 is 0 Å². The minimum Gasteiger partial charge on any atom is -0.481 e. The Kier molecular flexibility index (Phi) is 5.78. The lowest BCUT2D eigenvalue weighted by atomic mass is 10.2. The highest BCUT2D eigenvalue weighted by atomic mass is 32.2. The first kappa shape index (κ1) is 15.9. The van der Waals surface area contributed by atoms with Crippen LogP contribution in [0.15, 0.2) is 0 Å². The first-order valence-corrected chi connectivity index (χ1v) is 8.35. The van der Waals surface area contributed by atoms with Crippen molar-refractivity contribution >= 4 is 21.7 Å². The van der Waals surface area contributed by atoms with Crippen molar-refractivity contribution in [2.24, 2.45) is 5.92 Å². The fourth-order valence-corrected chi connectivity index (χ4v) is 3.69. The molecule has 1 aliphatic heterocycles. The van der Waals surface area contributed by atoms with Crippen molar-refractivity contribution < 1.29 is 23.1 Å². The number of carbonyl (C=O) groups excluding carboxylic acids is 1. The Labute approximate surface area is 113 Å². The third-order valence-corrected chi connectivity index (χ3v) is 4.92. The molecule has 1 atom stereocenters. The second-order valence-electron chi connectivity index (χ2n) is 5.09. The summed E-state index contributed by atoms with van der Waals surface area (Å²) in [4.78, 5) is 24.1. The van der Waals surface area contributed by atoms with E-state index in [9.17, 15) is 18.0 Å². The number of carboxylic acids is 1. The number of hydrogen-bond donors (Lipinski definition) is 1. The average Bonchev–Trinajstić information content (AvgIpc) is 2.55. The van der Waals surface area contributed by atoms with Crippen LogP contribution >= 0.6 is 0 Å². The number of sulfone groups is 1. The minimum absolute atomic E-state index is 0.403. The molecule has 0 aromatic heterocycles. The van der Waals surface area contributed by atoms with Gasteiger partial charge in [0.25, 0.3) is 0 Å². The third-order valence-electron chi connectivity index (χ3n) is 3.23. The van der Waals surface area contributed by atoms with Gasteiger partial charge < -0.3 is 10.0 Å². The van der Waals surface area contributed by atoms with Gasteiger partial charge >= 0.3 is 5.97 Å². The van der Waals surface area contributed by atoms with Crippen molar-refractivity contribution in [3.05, 3.63) is 0 Å². The number of carboxylic acid groups (broad SMARTS) is 1. The number of likely N-dealkylation sites (tertiary alicyclic amines) is 1. The Bertz CT molecular complexity index is 423. The van der Waals surface area contributed by atoms with E-state index in [2.05, 4.69) is 0 Å². The lowest BCUT2D eigenvalue weighted by molar-refractivity contribution is -0.140. The molecule has 0 aromatic rings. The van der Waals surface area contributed by atoms with Crippen LogP contribution in [-0.4, -0.2) is 54.9 Å². The number of carbonyl (C=O) groups is 2. The Morgan fingerprint density at radius 1 is 1.16 bits per heavy atom. The molecule has 19 heavy (non-hydrogen) atoms. The number of nitrogens with zero attached hydrogens (tertiary/aromatic N) is 1. The second kappa shape index (κ2) is 6.88. The van der Waals surface area contributed by atoms with E-state index in [-0.39, 0.29) is 0 Å². The maximum absolute atomic E-state index is 11.9. The maximum Gasteiger partial charge on any atom is 0.307 e. The van der Waals surface area contributed by atoms with E-state index in [0.717, 1.165) is 25.7 Å². The highest BCUT2D eigenvalue weighted by Crippen LogP contribution is 2.11. The normalized spacial score (nSPS) is 18.7. The van der Waals surface area contributed by atoms with Gasteiger partial charge in [0.05, 0.1) is 11.7 Å². The summed E-state index contributed by atoms with van der Waals surface area (Å²) in [5.74, 6) is -3.61. The Morgan fingerprint density at radius 2 is 1.68 bits per heavy atom. The number of rotatable bonds is 5. The zero-order valence-electron chi connectivity index (χ0n) is 11.2. The van der Waals surface area contributed by atoms with Gasteiger partial charge in [-0.15, -0.1) is 0 Å². The molecule has 6 nitrogen and oxygen atoms in total. The molecule has 0 spiro atoms. The minimum atomic E-state index is -3.66. The fourth-order valence-electron chi connectivity index (χ4n) is 2.11. The van der Waals surface area contributed by atoms with Gasteiger partial charge in [-0.1, -0.05) is 19.8 Å². The second-order valence-corrected chi connectivity index (χ2v) is 7.20. The summed E-state index contributed by atoms with van der Waals surface area (Å²) in [7, 11) is -3.66. The molecule has 1 saturated heterocycles. The van der Waals surface area contributed by atoms with E-state index in [4.69, 9.17) is 5.11 Å². The van der Waals surface area contributed by atoms with E-state index in [0.29, 0.717) is 13.1 Å². The summed E-state index contributed by atoms with van der Waals surface area (Å²) in [5.41, 5.74) is 0. The molecule has 110 valence electrons. The lowest BCUT2D eigenvalue weighted by Crippen LogP contribution is -2.38. The van der Waals surface area contributed by atoms with E-state index in [1.54, 1.807) is 4.90 Å². The zero-order valence-corrected chi connectivity index (χ0v) is 12.0. The zero-order chi connectivity index (χ0) is 14.5. The number of aliphatic carboxylic acids is 1. The molecule has 7 heteroatoms. The van der Waals surface area contributed by atoms with Crippen LogP contribution in [0, 0.1) is 5.92 Å². The molecule has 0 aromatic carbocycles. The maximum atomic E-state index is 11.9. The van der Waals surface area contributed by atoms with Crippen LogP contribution in [0.3, 0.4) is 0 Å². The Hall–Kier alpha value is -1.11. The van der Waals surface area contributed by atoms with Gasteiger partial charge in [0, 0.05) is 13.1 Å². The molecule has 1 rings (SSSR count). The molecule has 0 bridgehead atoms. The van der Waals surface area contributed by atoms with Gasteiger partial charge in [-0.25, -0.2) is 8.42 Å². The highest BCUT2D eigenvalue weighted by molar-refractivity contribution is 7.92. The molecule has 1 aliphatic rings. The molecule has 1 unspecified atom stereocenters. The molecule has 0 saturated carbocycles. The molecule has 0 aliphatic carbocycles. The van der Waals surface area contributed by atoms with Crippen LogP contribution in [0.25, 0.3) is 0 Å². The summed E-state index contributed by atoms with van der Waals surface area (Å²) < 4.78 is 23.5. The van der Waals surface area contributed by atoms with Gasteiger partial charge in [0.15, 0.2) is 9.84 Å². The first-order chi connectivity index (χ1) is 8.82. The predicted molar refractivity (Wildman–Crippen MR) is 70.5 cm³/mol. The SMILES string of the molecule is CC(CS(=O)(=O)CC(=O)N1CCCCCC1)C(=O)O. The average molecular weight is 291 g/mol. The number of amides is 1. The van der Waals surface area contributed by atoms with Crippen LogP contribution in [0.1, 0.15) is 32.6 Å². The largest absolute Gasteiger partial charge is 0.481 e. The molecule has 1 amide bonds. The molecule has 1 fully saturated rings. The van der Waals surface area contributed by atoms with E-state index in [1.807, 2.05) is 0 Å². The quantitative estimate of drug-likeness (QED) is 0.797. The monoisotopic (exact) mass is 291 g/mol. The van der Waals surface area contributed by atoms with Crippen molar-refractivity contribution in [2.45, 2.75) is 32.6 Å². The summed E-state index contributed by atoms with van der Waals surface area (Å²) >= 11 is 0. The van der Waals surface area contributed by atoms with E-state index >= 15 is 0 Å². The smallest absolute Gasteiger partial charge is 0.307 e. The van der Waals surface area contributed by atoms with Crippen LogP contribution in [0.5, 0.6) is 0 Å². The van der Waals surface area contributed by atoms with Crippen molar-refractivity contribution in [1.29, 1.82) is 0 Å². The third kappa shape index (κ3) is 5.59. The topological polar surface area (TPSA) is 91.8 Å². The van der Waals surface area contributed by atoms with E-state index < -0.39 is 39.1 Å². The molecule has 1 N–H and O–H groups in total. The summed E-state index contributed by atoms with van der Waals surface area (Å²) in [6.07, 6.45) is 3.92. The van der Waals surface area contributed by atoms with Crippen molar-refractivity contribution in [1.82, 2.24) is 4.90 Å². The Balaban J connectivity index is 2.56. The van der Waals surface area contributed by atoms with Gasteiger partial charge in [-0.05, 0) is 12.8 Å². The number of hydrogen-bond acceptors (Lipinski definition) is 4. The standard InChI is InChI=1S/C12H21NO5S/c1-10(12(15)16)8-19(17,18)9-11(14)13-6-4-2-3-5-7-13/h10H,2-9H2,1H3,(H,15,16). The summed E-state index contributed by atoms with van der Waals surface area (Å²) in [5, 5.41) is 8.71. The van der Waals surface area contributed by atoms with E-state index in [1.165, 1.54) is 6.92 Å². The van der Waals surface area contributed by atoms with Crippen molar-refractivity contribution in [2.75, 3.05) is 24.6 Å².